The first-order chi connectivity index (χ1) is 15.9. The Hall–Kier alpha value is -2.99. The highest BCUT2D eigenvalue weighted by Crippen LogP contribution is 2.48. The van der Waals surface area contributed by atoms with Gasteiger partial charge in [-0.1, -0.05) is 23.9 Å². The third kappa shape index (κ3) is 6.11. The molecule has 1 fully saturated rings. The van der Waals surface area contributed by atoms with Crippen LogP contribution in [0.1, 0.15) is 27.0 Å². The summed E-state index contributed by atoms with van der Waals surface area (Å²) in [6, 6.07) is 7.00. The van der Waals surface area contributed by atoms with Crippen molar-refractivity contribution in [2.45, 2.75) is 22.1 Å². The molecule has 1 heterocycles. The van der Waals surface area contributed by atoms with E-state index < -0.39 is 45.8 Å². The molecule has 0 unspecified atom stereocenters. The number of ether oxygens (including phenoxy) is 1. The number of morpholine rings is 1. The topological polar surface area (TPSA) is 72.6 Å². The molecule has 0 spiro atoms. The van der Waals surface area contributed by atoms with E-state index in [2.05, 4.69) is 0 Å². The molecule has 1 aliphatic rings. The predicted octanol–water partition coefficient (Wildman–Crippen LogP) is 4.85. The number of benzene rings is 2. The van der Waals surface area contributed by atoms with Gasteiger partial charge in [0.15, 0.2) is 0 Å². The fraction of sp³-hybridized carbons (Fsp3) is 0.273. The molecular weight excluding hydrogens is 486 g/mol. The van der Waals surface area contributed by atoms with Crippen molar-refractivity contribution in [2.75, 3.05) is 26.3 Å². The number of carbonyl (C=O) groups is 2. The van der Waals surface area contributed by atoms with Crippen molar-refractivity contribution in [2.24, 2.45) is 5.73 Å². The van der Waals surface area contributed by atoms with E-state index in [1.54, 1.807) is 0 Å². The van der Waals surface area contributed by atoms with Gasteiger partial charge >= 0.3 is 12.4 Å². The molecule has 3 rings (SSSR count). The Balaban J connectivity index is 2.07. The van der Waals surface area contributed by atoms with E-state index in [0.717, 1.165) is 24.3 Å². The van der Waals surface area contributed by atoms with Gasteiger partial charge in [0.05, 0.1) is 24.3 Å². The summed E-state index contributed by atoms with van der Waals surface area (Å²) in [5.41, 5.74) is 0.587. The maximum absolute atomic E-state index is 13.9. The molecule has 0 saturated carbocycles. The van der Waals surface area contributed by atoms with Crippen molar-refractivity contribution in [1.29, 1.82) is 0 Å². The fourth-order valence-corrected chi connectivity index (χ4v) is 4.34. The third-order valence-electron chi connectivity index (χ3n) is 4.84. The number of rotatable bonds is 5. The van der Waals surface area contributed by atoms with E-state index in [4.69, 9.17) is 10.5 Å². The lowest BCUT2D eigenvalue weighted by molar-refractivity contribution is -0.163. The Labute approximate surface area is 194 Å². The highest BCUT2D eigenvalue weighted by molar-refractivity contribution is 7.99. The first-order valence-corrected chi connectivity index (χ1v) is 10.6. The lowest BCUT2D eigenvalue weighted by atomic mass is 9.99. The van der Waals surface area contributed by atoms with Gasteiger partial charge in [-0.25, -0.2) is 0 Å². The van der Waals surface area contributed by atoms with Crippen LogP contribution in [0, 0.1) is 0 Å². The maximum atomic E-state index is 13.9. The molecule has 2 aromatic rings. The number of nitrogens with zero attached hydrogens (tertiary/aromatic N) is 1. The standard InChI is InChI=1S/C22H18F6N2O3S/c23-21(24,25)18-13(5-7-17(31)30-8-10-33-11-9-30)4-6-16(19(18)22(26,27)28)34-15-3-1-2-14(12-15)20(29)32/h1-7,12H,8-11H2,(H2,29,32). The summed E-state index contributed by atoms with van der Waals surface area (Å²) in [5, 5.41) is 0. The quantitative estimate of drug-likeness (QED) is 0.467. The Morgan fingerprint density at radius 3 is 2.21 bits per heavy atom. The summed E-state index contributed by atoms with van der Waals surface area (Å²) in [7, 11) is 0. The van der Waals surface area contributed by atoms with Crippen molar-refractivity contribution in [1.82, 2.24) is 4.90 Å². The van der Waals surface area contributed by atoms with E-state index in [0.29, 0.717) is 11.8 Å². The molecule has 34 heavy (non-hydrogen) atoms. The van der Waals surface area contributed by atoms with Crippen molar-refractivity contribution < 1.29 is 40.7 Å². The van der Waals surface area contributed by atoms with Gasteiger partial charge in [0.25, 0.3) is 0 Å². The first-order valence-electron chi connectivity index (χ1n) is 9.82. The fourth-order valence-electron chi connectivity index (χ4n) is 3.30. The number of alkyl halides is 6. The maximum Gasteiger partial charge on any atom is 0.418 e. The van der Waals surface area contributed by atoms with Crippen molar-refractivity contribution in [3.05, 3.63) is 64.7 Å². The van der Waals surface area contributed by atoms with Gasteiger partial charge in [0, 0.05) is 34.5 Å². The number of carbonyl (C=O) groups excluding carboxylic acids is 2. The molecule has 5 nitrogen and oxygen atoms in total. The Morgan fingerprint density at radius 2 is 1.62 bits per heavy atom. The molecule has 2 N–H and O–H groups in total. The van der Waals surface area contributed by atoms with Gasteiger partial charge < -0.3 is 15.4 Å². The van der Waals surface area contributed by atoms with Crippen LogP contribution in [0.2, 0.25) is 0 Å². The van der Waals surface area contributed by atoms with Gasteiger partial charge in [0.2, 0.25) is 11.8 Å². The van der Waals surface area contributed by atoms with Crippen LogP contribution < -0.4 is 5.73 Å². The summed E-state index contributed by atoms with van der Waals surface area (Å²) < 4.78 is 88.5. The predicted molar refractivity (Wildman–Crippen MR) is 112 cm³/mol. The van der Waals surface area contributed by atoms with Gasteiger partial charge in [0.1, 0.15) is 0 Å². The minimum Gasteiger partial charge on any atom is -0.378 e. The molecule has 2 amide bonds. The zero-order chi connectivity index (χ0) is 25.1. The second-order valence-electron chi connectivity index (χ2n) is 7.16. The molecule has 1 aliphatic heterocycles. The van der Waals surface area contributed by atoms with Crippen LogP contribution in [0.3, 0.4) is 0 Å². The third-order valence-corrected chi connectivity index (χ3v) is 5.89. The Morgan fingerprint density at radius 1 is 0.971 bits per heavy atom. The SMILES string of the molecule is NC(=O)c1cccc(Sc2ccc(C=CC(=O)N3CCOCC3)c(C(F)(F)F)c2C(F)(F)F)c1. The zero-order valence-corrected chi connectivity index (χ0v) is 18.2. The second-order valence-corrected chi connectivity index (χ2v) is 8.28. The van der Waals surface area contributed by atoms with E-state index in [1.165, 1.54) is 29.2 Å². The van der Waals surface area contributed by atoms with Crippen LogP contribution in [0.4, 0.5) is 26.3 Å². The minimum atomic E-state index is -5.36. The summed E-state index contributed by atoms with van der Waals surface area (Å²) in [6.45, 7) is 0.967. The molecule has 0 atom stereocenters. The molecule has 0 radical (unpaired) electrons. The molecule has 182 valence electrons. The Kier molecular flexibility index (Phi) is 7.61. The molecule has 0 bridgehead atoms. The van der Waals surface area contributed by atoms with Crippen molar-refractivity contribution in [3.63, 3.8) is 0 Å². The van der Waals surface area contributed by atoms with E-state index >= 15 is 0 Å². The van der Waals surface area contributed by atoms with E-state index in [-0.39, 0.29) is 36.8 Å². The van der Waals surface area contributed by atoms with E-state index in [9.17, 15) is 35.9 Å². The number of hydrogen-bond donors (Lipinski definition) is 1. The van der Waals surface area contributed by atoms with Crippen molar-refractivity contribution >= 4 is 29.7 Å². The average molecular weight is 504 g/mol. The lowest BCUT2D eigenvalue weighted by Crippen LogP contribution is -2.39. The molecule has 1 saturated heterocycles. The number of amides is 2. The van der Waals surface area contributed by atoms with Gasteiger partial charge in [-0.3, -0.25) is 9.59 Å². The lowest BCUT2D eigenvalue weighted by Gasteiger charge is -2.25. The van der Waals surface area contributed by atoms with Crippen LogP contribution in [0.5, 0.6) is 0 Å². The highest BCUT2D eigenvalue weighted by atomic mass is 32.2. The second kappa shape index (κ2) is 10.1. The number of primary amides is 1. The minimum absolute atomic E-state index is 0.00391. The summed E-state index contributed by atoms with van der Waals surface area (Å²) >= 11 is 0.418. The first kappa shape index (κ1) is 25.6. The van der Waals surface area contributed by atoms with Crippen molar-refractivity contribution in [3.8, 4) is 0 Å². The average Bonchev–Trinajstić information content (AvgIpc) is 2.77. The van der Waals surface area contributed by atoms with E-state index in [1.807, 2.05) is 0 Å². The van der Waals surface area contributed by atoms with Gasteiger partial charge in [-0.15, -0.1) is 0 Å². The van der Waals surface area contributed by atoms with Crippen LogP contribution in [-0.4, -0.2) is 43.0 Å². The summed E-state index contributed by atoms with van der Waals surface area (Å²) in [4.78, 5) is 24.3. The van der Waals surface area contributed by atoms with Gasteiger partial charge in [-0.2, -0.15) is 26.3 Å². The monoisotopic (exact) mass is 504 g/mol. The smallest absolute Gasteiger partial charge is 0.378 e. The Bertz CT molecular complexity index is 1110. The largest absolute Gasteiger partial charge is 0.418 e. The molecule has 0 aromatic heterocycles. The summed E-state index contributed by atoms with van der Waals surface area (Å²) in [5.74, 6) is -1.47. The van der Waals surface area contributed by atoms with Crippen LogP contribution >= 0.6 is 11.8 Å². The van der Waals surface area contributed by atoms with Crippen LogP contribution in [0.15, 0.2) is 52.3 Å². The number of nitrogens with two attached hydrogens (primary N) is 1. The summed E-state index contributed by atoms with van der Waals surface area (Å²) in [6.07, 6.45) is -9.16. The van der Waals surface area contributed by atoms with Crippen LogP contribution in [0.25, 0.3) is 6.08 Å². The normalized spacial score (nSPS) is 15.1. The van der Waals surface area contributed by atoms with Gasteiger partial charge in [-0.05, 0) is 35.9 Å². The number of hydrogen-bond acceptors (Lipinski definition) is 4. The van der Waals surface area contributed by atoms with Crippen LogP contribution in [-0.2, 0) is 21.9 Å². The number of halogens is 6. The molecular formula is C22H18F6N2O3S. The molecule has 12 heteroatoms. The highest BCUT2D eigenvalue weighted by Gasteiger charge is 2.46. The molecule has 2 aromatic carbocycles. The molecule has 0 aliphatic carbocycles. The zero-order valence-electron chi connectivity index (χ0n) is 17.4.